The second kappa shape index (κ2) is 7.88. The Hall–Kier alpha value is -1.35. The number of hydrogen-bond acceptors (Lipinski definition) is 3. The van der Waals surface area contributed by atoms with Gasteiger partial charge in [0.2, 0.25) is 0 Å². The second-order valence-electron chi connectivity index (χ2n) is 4.37. The van der Waals surface area contributed by atoms with Gasteiger partial charge in [0.05, 0.1) is 5.71 Å². The van der Waals surface area contributed by atoms with E-state index < -0.39 is 0 Å². The van der Waals surface area contributed by atoms with Crippen LogP contribution in [-0.4, -0.2) is 12.8 Å². The molecule has 0 bridgehead atoms. The lowest BCUT2D eigenvalue weighted by atomic mass is 9.95. The predicted molar refractivity (Wildman–Crippen MR) is 78.8 cm³/mol. The summed E-state index contributed by atoms with van der Waals surface area (Å²) in [5, 5.41) is 4.42. The van der Waals surface area contributed by atoms with E-state index in [1.165, 1.54) is 16.7 Å². The van der Waals surface area contributed by atoms with Crippen molar-refractivity contribution in [3.05, 3.63) is 34.9 Å². The van der Waals surface area contributed by atoms with E-state index in [0.29, 0.717) is 0 Å². The van der Waals surface area contributed by atoms with Crippen molar-refractivity contribution in [2.24, 2.45) is 5.10 Å². The van der Waals surface area contributed by atoms with Crippen molar-refractivity contribution in [3.63, 3.8) is 0 Å². The van der Waals surface area contributed by atoms with Crippen molar-refractivity contribution >= 4 is 5.71 Å². The first-order chi connectivity index (χ1) is 8.76. The summed E-state index contributed by atoms with van der Waals surface area (Å²) in [5.41, 5.74) is 10.9. The SMILES string of the molecule is CCC/C(=N\NNC)c1ccc(CC)cc1CC. The molecule has 18 heavy (non-hydrogen) atoms. The summed E-state index contributed by atoms with van der Waals surface area (Å²) < 4.78 is 0. The highest BCUT2D eigenvalue weighted by Gasteiger charge is 2.08. The highest BCUT2D eigenvalue weighted by Crippen LogP contribution is 2.16. The van der Waals surface area contributed by atoms with Gasteiger partial charge in [0.1, 0.15) is 0 Å². The second-order valence-corrected chi connectivity index (χ2v) is 4.37. The largest absolute Gasteiger partial charge is 0.243 e. The van der Waals surface area contributed by atoms with Crippen LogP contribution in [0, 0.1) is 0 Å². The number of hydrazine groups is 1. The van der Waals surface area contributed by atoms with Gasteiger partial charge in [-0.15, -0.1) is 0 Å². The van der Waals surface area contributed by atoms with E-state index in [2.05, 4.69) is 55.0 Å². The molecule has 0 unspecified atom stereocenters. The quantitative estimate of drug-likeness (QED) is 0.574. The molecule has 3 heteroatoms. The molecule has 0 atom stereocenters. The highest BCUT2D eigenvalue weighted by molar-refractivity contribution is 6.01. The summed E-state index contributed by atoms with van der Waals surface area (Å²) in [6.07, 6.45) is 4.23. The van der Waals surface area contributed by atoms with Crippen LogP contribution in [-0.2, 0) is 12.8 Å². The molecule has 0 aliphatic rings. The molecule has 0 saturated heterocycles. The maximum Gasteiger partial charge on any atom is 0.0693 e. The number of aryl methyl sites for hydroxylation is 2. The average molecular weight is 247 g/mol. The third kappa shape index (κ3) is 3.84. The summed E-state index contributed by atoms with van der Waals surface area (Å²) in [4.78, 5) is 0. The zero-order valence-corrected chi connectivity index (χ0v) is 12.0. The Kier molecular flexibility index (Phi) is 6.44. The molecule has 2 N–H and O–H groups in total. The molecule has 1 aromatic rings. The van der Waals surface area contributed by atoms with E-state index in [-0.39, 0.29) is 0 Å². The zero-order valence-electron chi connectivity index (χ0n) is 12.0. The van der Waals surface area contributed by atoms with Crippen molar-refractivity contribution < 1.29 is 0 Å². The van der Waals surface area contributed by atoms with Crippen molar-refractivity contribution in [1.82, 2.24) is 11.0 Å². The maximum atomic E-state index is 4.42. The Balaban J connectivity index is 3.10. The van der Waals surface area contributed by atoms with Crippen LogP contribution < -0.4 is 11.0 Å². The van der Waals surface area contributed by atoms with Crippen LogP contribution in [0.1, 0.15) is 50.3 Å². The van der Waals surface area contributed by atoms with Gasteiger partial charge in [-0.25, -0.2) is 11.0 Å². The molecule has 0 aliphatic carbocycles. The predicted octanol–water partition coefficient (Wildman–Crippen LogP) is 3.04. The summed E-state index contributed by atoms with van der Waals surface area (Å²) in [7, 11) is 1.83. The lowest BCUT2D eigenvalue weighted by Crippen LogP contribution is -2.24. The molecule has 1 rings (SSSR count). The summed E-state index contributed by atoms with van der Waals surface area (Å²) >= 11 is 0. The minimum atomic E-state index is 0.993. The Bertz CT molecular complexity index is 397. The van der Waals surface area contributed by atoms with Gasteiger partial charge < -0.3 is 0 Å². The first-order valence-corrected chi connectivity index (χ1v) is 6.87. The lowest BCUT2D eigenvalue weighted by molar-refractivity contribution is 0.630. The van der Waals surface area contributed by atoms with Gasteiger partial charge in [0, 0.05) is 12.6 Å². The molecule has 0 saturated carbocycles. The van der Waals surface area contributed by atoms with Gasteiger partial charge in [-0.3, -0.25) is 0 Å². The van der Waals surface area contributed by atoms with Gasteiger partial charge in [-0.2, -0.15) is 5.10 Å². The standard InChI is InChI=1S/C15H25N3/c1-5-8-15(17-18-16-4)14-10-9-12(6-2)11-13(14)7-3/h9-11,16,18H,5-8H2,1-4H3/b17-15+. The van der Waals surface area contributed by atoms with E-state index in [0.717, 1.165) is 31.4 Å². The van der Waals surface area contributed by atoms with E-state index in [1.54, 1.807) is 0 Å². The number of benzene rings is 1. The molecule has 0 radical (unpaired) electrons. The number of rotatable bonds is 7. The first-order valence-electron chi connectivity index (χ1n) is 6.87. The minimum Gasteiger partial charge on any atom is -0.243 e. The van der Waals surface area contributed by atoms with Gasteiger partial charge in [0.15, 0.2) is 0 Å². The fourth-order valence-corrected chi connectivity index (χ4v) is 2.05. The van der Waals surface area contributed by atoms with Gasteiger partial charge in [-0.1, -0.05) is 45.4 Å². The van der Waals surface area contributed by atoms with E-state index in [9.17, 15) is 0 Å². The summed E-state index contributed by atoms with van der Waals surface area (Å²) in [5.74, 6) is 0. The van der Waals surface area contributed by atoms with E-state index in [4.69, 9.17) is 0 Å². The number of nitrogens with zero attached hydrogens (tertiary/aromatic N) is 1. The molecular formula is C15H25N3. The molecule has 0 aromatic heterocycles. The summed E-state index contributed by atoms with van der Waals surface area (Å²) in [6, 6.07) is 6.72. The molecule has 1 aromatic carbocycles. The third-order valence-electron chi connectivity index (χ3n) is 3.06. The van der Waals surface area contributed by atoms with Gasteiger partial charge in [0.25, 0.3) is 0 Å². The van der Waals surface area contributed by atoms with Crippen LogP contribution in [0.15, 0.2) is 23.3 Å². The summed E-state index contributed by atoms with van der Waals surface area (Å²) in [6.45, 7) is 6.58. The van der Waals surface area contributed by atoms with Crippen LogP contribution in [0.2, 0.25) is 0 Å². The van der Waals surface area contributed by atoms with Crippen LogP contribution in [0.25, 0.3) is 0 Å². The van der Waals surface area contributed by atoms with Crippen molar-refractivity contribution in [2.75, 3.05) is 7.05 Å². The third-order valence-corrected chi connectivity index (χ3v) is 3.06. The molecule has 3 nitrogen and oxygen atoms in total. The number of nitrogens with one attached hydrogen (secondary N) is 2. The van der Waals surface area contributed by atoms with Crippen LogP contribution >= 0.6 is 0 Å². The Morgan fingerprint density at radius 2 is 1.94 bits per heavy atom. The highest BCUT2D eigenvalue weighted by atomic mass is 15.5. The molecule has 0 fully saturated rings. The fourth-order valence-electron chi connectivity index (χ4n) is 2.05. The van der Waals surface area contributed by atoms with Crippen molar-refractivity contribution in [3.8, 4) is 0 Å². The molecule has 100 valence electrons. The van der Waals surface area contributed by atoms with Crippen LogP contribution in [0.5, 0.6) is 0 Å². The van der Waals surface area contributed by atoms with Crippen LogP contribution in [0.3, 0.4) is 0 Å². The van der Waals surface area contributed by atoms with E-state index >= 15 is 0 Å². The first kappa shape index (κ1) is 14.7. The monoisotopic (exact) mass is 247 g/mol. The molecule has 0 aliphatic heterocycles. The molecule has 0 heterocycles. The Morgan fingerprint density at radius 3 is 2.50 bits per heavy atom. The topological polar surface area (TPSA) is 36.4 Å². The molecule has 0 spiro atoms. The lowest BCUT2D eigenvalue weighted by Gasteiger charge is -2.12. The fraction of sp³-hybridized carbons (Fsp3) is 0.533. The van der Waals surface area contributed by atoms with Gasteiger partial charge in [-0.05, 0) is 30.4 Å². The zero-order chi connectivity index (χ0) is 13.4. The molecular weight excluding hydrogens is 222 g/mol. The van der Waals surface area contributed by atoms with Crippen molar-refractivity contribution in [2.45, 2.75) is 46.5 Å². The number of hydrogen-bond donors (Lipinski definition) is 2. The minimum absolute atomic E-state index is 0.993. The Labute approximate surface area is 111 Å². The maximum absolute atomic E-state index is 4.42. The normalized spacial score (nSPS) is 11.7. The number of hydrazone groups is 1. The van der Waals surface area contributed by atoms with Crippen molar-refractivity contribution in [1.29, 1.82) is 0 Å². The average Bonchev–Trinajstić information content (AvgIpc) is 2.42. The van der Waals surface area contributed by atoms with Gasteiger partial charge >= 0.3 is 0 Å². The Morgan fingerprint density at radius 1 is 1.17 bits per heavy atom. The molecule has 0 amide bonds. The van der Waals surface area contributed by atoms with E-state index in [1.807, 2.05) is 7.05 Å². The van der Waals surface area contributed by atoms with Crippen LogP contribution in [0.4, 0.5) is 0 Å². The smallest absolute Gasteiger partial charge is 0.0693 e.